The molecule has 2 amide bonds. The standard InChI is InChI=1S/C25H25F3N4O2/c1-2-17-5-3-7-21(30-17)16-11-12-23(20(13-16)25(26,27)28)34-14-19-18(15-9-10-15)6-4-8-22(19)31-24(33)32-29/h3-8,11-13,15H,2,9-10,14,29H2,1H3,(H2,31,32,33). The monoisotopic (exact) mass is 470 g/mol. The van der Waals surface area contributed by atoms with Gasteiger partial charge in [-0.25, -0.2) is 10.6 Å². The minimum atomic E-state index is -4.62. The molecule has 0 unspecified atom stereocenters. The predicted octanol–water partition coefficient (Wildman–Crippen LogP) is 5.78. The zero-order valence-electron chi connectivity index (χ0n) is 18.6. The zero-order valence-corrected chi connectivity index (χ0v) is 18.6. The van der Waals surface area contributed by atoms with Crippen molar-refractivity contribution >= 4 is 11.7 Å². The van der Waals surface area contributed by atoms with Crippen molar-refractivity contribution in [3.05, 3.63) is 77.0 Å². The van der Waals surface area contributed by atoms with E-state index in [9.17, 15) is 18.0 Å². The van der Waals surface area contributed by atoms with Crippen molar-refractivity contribution in [1.29, 1.82) is 0 Å². The SMILES string of the molecule is CCc1cccc(-c2ccc(OCc3c(NC(=O)NN)cccc3C3CC3)c(C(F)(F)F)c2)n1. The Morgan fingerprint density at radius 3 is 2.59 bits per heavy atom. The van der Waals surface area contributed by atoms with Gasteiger partial charge in [0.2, 0.25) is 0 Å². The first-order valence-electron chi connectivity index (χ1n) is 11.0. The number of benzene rings is 2. The van der Waals surface area contributed by atoms with E-state index in [1.807, 2.05) is 24.5 Å². The molecule has 6 nitrogen and oxygen atoms in total. The lowest BCUT2D eigenvalue weighted by atomic mass is 10.0. The third-order valence-corrected chi connectivity index (χ3v) is 5.73. The Hall–Kier alpha value is -3.59. The van der Waals surface area contributed by atoms with Gasteiger partial charge in [-0.2, -0.15) is 13.2 Å². The fourth-order valence-corrected chi connectivity index (χ4v) is 3.84. The second-order valence-corrected chi connectivity index (χ2v) is 8.11. The highest BCUT2D eigenvalue weighted by atomic mass is 19.4. The van der Waals surface area contributed by atoms with Crippen LogP contribution in [-0.4, -0.2) is 11.0 Å². The van der Waals surface area contributed by atoms with Gasteiger partial charge in [0.15, 0.2) is 0 Å². The number of rotatable bonds is 7. The molecule has 0 aliphatic heterocycles. The van der Waals surface area contributed by atoms with Gasteiger partial charge in [0.05, 0.1) is 11.3 Å². The Morgan fingerprint density at radius 1 is 1.15 bits per heavy atom. The van der Waals surface area contributed by atoms with Crippen LogP contribution in [0.25, 0.3) is 11.3 Å². The summed E-state index contributed by atoms with van der Waals surface area (Å²) in [6, 6.07) is 14.0. The van der Waals surface area contributed by atoms with Crippen molar-refractivity contribution in [2.75, 3.05) is 5.32 Å². The van der Waals surface area contributed by atoms with E-state index in [1.165, 1.54) is 6.07 Å². The summed E-state index contributed by atoms with van der Waals surface area (Å²) in [5.41, 5.74) is 4.75. The van der Waals surface area contributed by atoms with Crippen molar-refractivity contribution in [1.82, 2.24) is 10.4 Å². The summed E-state index contributed by atoms with van der Waals surface area (Å²) in [7, 11) is 0. The number of alkyl halides is 3. The molecule has 0 atom stereocenters. The third kappa shape index (κ3) is 5.31. The van der Waals surface area contributed by atoms with Crippen LogP contribution in [-0.2, 0) is 19.2 Å². The molecular weight excluding hydrogens is 445 g/mol. The summed E-state index contributed by atoms with van der Waals surface area (Å²) in [5, 5.41) is 2.62. The van der Waals surface area contributed by atoms with Crippen LogP contribution < -0.4 is 21.3 Å². The van der Waals surface area contributed by atoms with Gasteiger partial charge in [-0.1, -0.05) is 25.1 Å². The molecule has 34 heavy (non-hydrogen) atoms. The quantitative estimate of drug-likeness (QED) is 0.232. The van der Waals surface area contributed by atoms with E-state index in [4.69, 9.17) is 10.6 Å². The topological polar surface area (TPSA) is 89.3 Å². The van der Waals surface area contributed by atoms with Gasteiger partial charge in [-0.05, 0) is 67.1 Å². The van der Waals surface area contributed by atoms with E-state index in [0.29, 0.717) is 34.8 Å². The number of carbonyl (C=O) groups excluding carboxylic acids is 1. The van der Waals surface area contributed by atoms with Crippen molar-refractivity contribution in [3.63, 3.8) is 0 Å². The van der Waals surface area contributed by atoms with Crippen molar-refractivity contribution in [2.24, 2.45) is 5.84 Å². The molecule has 0 radical (unpaired) electrons. The molecule has 1 fully saturated rings. The van der Waals surface area contributed by atoms with E-state index >= 15 is 0 Å². The Balaban J connectivity index is 1.66. The van der Waals surface area contributed by atoms with Gasteiger partial charge < -0.3 is 10.1 Å². The van der Waals surface area contributed by atoms with Gasteiger partial charge in [-0.15, -0.1) is 0 Å². The van der Waals surface area contributed by atoms with Gasteiger partial charge in [0.25, 0.3) is 0 Å². The van der Waals surface area contributed by atoms with E-state index in [2.05, 4.69) is 10.3 Å². The maximum atomic E-state index is 14.0. The van der Waals surface area contributed by atoms with Crippen LogP contribution in [0.1, 0.15) is 48.1 Å². The number of urea groups is 1. The lowest BCUT2D eigenvalue weighted by Crippen LogP contribution is -2.34. The van der Waals surface area contributed by atoms with Gasteiger partial charge >= 0.3 is 12.2 Å². The van der Waals surface area contributed by atoms with Crippen LogP contribution in [0.2, 0.25) is 0 Å². The first kappa shape index (κ1) is 23.6. The number of nitrogens with two attached hydrogens (primary N) is 1. The second kappa shape index (κ2) is 9.72. The van der Waals surface area contributed by atoms with Crippen molar-refractivity contribution in [3.8, 4) is 17.0 Å². The fourth-order valence-electron chi connectivity index (χ4n) is 3.84. The smallest absolute Gasteiger partial charge is 0.419 e. The van der Waals surface area contributed by atoms with Crippen molar-refractivity contribution < 1.29 is 22.7 Å². The van der Waals surface area contributed by atoms with Gasteiger partial charge in [0, 0.05) is 22.5 Å². The average molecular weight is 470 g/mol. The largest absolute Gasteiger partial charge is 0.488 e. The highest BCUT2D eigenvalue weighted by Gasteiger charge is 2.35. The fraction of sp³-hybridized carbons (Fsp3) is 0.280. The molecule has 0 saturated heterocycles. The zero-order chi connectivity index (χ0) is 24.3. The Morgan fingerprint density at radius 2 is 1.91 bits per heavy atom. The molecular formula is C25H25F3N4O2. The minimum absolute atomic E-state index is 0.140. The predicted molar refractivity (Wildman–Crippen MR) is 123 cm³/mol. The van der Waals surface area contributed by atoms with Gasteiger partial charge in [-0.3, -0.25) is 10.4 Å². The highest BCUT2D eigenvalue weighted by molar-refractivity contribution is 5.90. The van der Waals surface area contributed by atoms with Crippen LogP contribution in [0, 0.1) is 0 Å². The van der Waals surface area contributed by atoms with E-state index in [0.717, 1.165) is 30.2 Å². The second-order valence-electron chi connectivity index (χ2n) is 8.11. The number of anilines is 1. The number of nitrogens with zero attached hydrogens (tertiary/aromatic N) is 1. The van der Waals surface area contributed by atoms with Crippen LogP contribution in [0.15, 0.2) is 54.6 Å². The molecule has 1 aliphatic rings. The first-order chi connectivity index (χ1) is 16.3. The molecule has 2 aromatic carbocycles. The van der Waals surface area contributed by atoms with Crippen LogP contribution in [0.4, 0.5) is 23.7 Å². The van der Waals surface area contributed by atoms with E-state index < -0.39 is 17.8 Å². The minimum Gasteiger partial charge on any atom is -0.488 e. The molecule has 178 valence electrons. The number of halogens is 3. The molecule has 3 aromatic rings. The molecule has 9 heteroatoms. The summed E-state index contributed by atoms with van der Waals surface area (Å²) in [6.07, 6.45) is -1.98. The molecule has 4 rings (SSSR count). The van der Waals surface area contributed by atoms with Crippen LogP contribution >= 0.6 is 0 Å². The summed E-state index contributed by atoms with van der Waals surface area (Å²) in [5.74, 6) is 5.17. The van der Waals surface area contributed by atoms with E-state index in [-0.39, 0.29) is 12.4 Å². The molecule has 1 aromatic heterocycles. The highest BCUT2D eigenvalue weighted by Crippen LogP contribution is 2.44. The lowest BCUT2D eigenvalue weighted by molar-refractivity contribution is -0.139. The number of ether oxygens (including phenoxy) is 1. The Kier molecular flexibility index (Phi) is 6.74. The number of aryl methyl sites for hydroxylation is 1. The number of amides is 2. The summed E-state index contributed by atoms with van der Waals surface area (Å²) in [4.78, 5) is 16.2. The Bertz CT molecular complexity index is 1190. The molecule has 4 N–H and O–H groups in total. The Labute approximate surface area is 195 Å². The normalized spacial score (nSPS) is 13.4. The molecule has 0 bridgehead atoms. The summed E-state index contributed by atoms with van der Waals surface area (Å²) >= 11 is 0. The number of hydrogen-bond donors (Lipinski definition) is 3. The van der Waals surface area contributed by atoms with Crippen LogP contribution in [0.5, 0.6) is 5.75 Å². The van der Waals surface area contributed by atoms with E-state index in [1.54, 1.807) is 30.3 Å². The third-order valence-electron chi connectivity index (χ3n) is 5.73. The molecule has 1 saturated carbocycles. The number of hydrogen-bond acceptors (Lipinski definition) is 4. The summed E-state index contributed by atoms with van der Waals surface area (Å²) in [6.45, 7) is 1.79. The number of carbonyl (C=O) groups is 1. The number of hydrazine groups is 1. The number of aromatic nitrogens is 1. The maximum absolute atomic E-state index is 14.0. The number of pyridine rings is 1. The summed E-state index contributed by atoms with van der Waals surface area (Å²) < 4.78 is 47.6. The molecule has 1 heterocycles. The molecule has 0 spiro atoms. The van der Waals surface area contributed by atoms with Gasteiger partial charge in [0.1, 0.15) is 12.4 Å². The number of nitrogens with one attached hydrogen (secondary N) is 2. The maximum Gasteiger partial charge on any atom is 0.419 e. The lowest BCUT2D eigenvalue weighted by Gasteiger charge is -2.19. The average Bonchev–Trinajstić information content (AvgIpc) is 3.68. The van der Waals surface area contributed by atoms with Crippen molar-refractivity contribution in [2.45, 2.75) is 44.9 Å². The first-order valence-corrected chi connectivity index (χ1v) is 11.0. The molecule has 1 aliphatic carbocycles. The van der Waals surface area contributed by atoms with Crippen LogP contribution in [0.3, 0.4) is 0 Å².